The summed E-state index contributed by atoms with van der Waals surface area (Å²) in [4.78, 5) is 49.0. The summed E-state index contributed by atoms with van der Waals surface area (Å²) in [6.45, 7) is 3.68. The van der Waals surface area contributed by atoms with Gasteiger partial charge in [0, 0.05) is 14.1 Å². The number of likely N-dealkylation sites (N-methyl/N-ethyl adjacent to an activating group) is 1. The molecule has 9 heteroatoms. The zero-order valence-corrected chi connectivity index (χ0v) is 16.9. The highest BCUT2D eigenvalue weighted by Gasteiger charge is 2.33. The Balaban J connectivity index is 2.31. The van der Waals surface area contributed by atoms with Crippen LogP contribution in [0.5, 0.6) is 0 Å². The van der Waals surface area contributed by atoms with Gasteiger partial charge in [-0.25, -0.2) is 0 Å². The van der Waals surface area contributed by atoms with Gasteiger partial charge in [-0.1, -0.05) is 50.6 Å². The van der Waals surface area contributed by atoms with Crippen LogP contribution in [0.4, 0.5) is 11.4 Å². The molecule has 29 heavy (non-hydrogen) atoms. The van der Waals surface area contributed by atoms with Crippen LogP contribution in [0.25, 0.3) is 0 Å². The fraction of sp³-hybridized carbons (Fsp3) is 0.400. The van der Waals surface area contributed by atoms with Crippen molar-refractivity contribution in [1.82, 2.24) is 10.6 Å². The summed E-state index contributed by atoms with van der Waals surface area (Å²) in [6.07, 6.45) is 0.598. The van der Waals surface area contributed by atoms with Crippen molar-refractivity contribution in [2.24, 2.45) is 5.92 Å². The highest BCUT2D eigenvalue weighted by molar-refractivity contribution is 5.92. The van der Waals surface area contributed by atoms with Gasteiger partial charge in [0.05, 0.1) is 0 Å². The Morgan fingerprint density at radius 2 is 1.72 bits per heavy atom. The van der Waals surface area contributed by atoms with E-state index in [2.05, 4.69) is 16.0 Å². The predicted octanol–water partition coefficient (Wildman–Crippen LogP) is 0.538. The van der Waals surface area contributed by atoms with E-state index < -0.39 is 34.8 Å². The number of amides is 2. The minimum Gasteiger partial charge on any atom is -0.368 e. The Labute approximate surface area is 168 Å². The first-order valence-corrected chi connectivity index (χ1v) is 9.32. The van der Waals surface area contributed by atoms with Gasteiger partial charge in [-0.15, -0.1) is 0 Å². The standard InChI is InChI=1S/C20H26N4O5/c1-5-11(2)13(22-15-16(24(4)29)18(26)17(15)25)20(28)23-14(19(27)21-3)12-9-7-6-8-10-12/h6-11,13-14,22,29H,5H2,1-4H3,(H,21,27)(H,23,28)/t11-,13-,14-/m0/s1. The summed E-state index contributed by atoms with van der Waals surface area (Å²) in [7, 11) is 2.69. The largest absolute Gasteiger partial charge is 0.368 e. The molecule has 0 aliphatic carbocycles. The smallest absolute Gasteiger partial charge is 0.255 e. The van der Waals surface area contributed by atoms with Gasteiger partial charge in [0.2, 0.25) is 11.8 Å². The van der Waals surface area contributed by atoms with E-state index in [-0.39, 0.29) is 17.3 Å². The molecule has 0 bridgehead atoms. The Bertz CT molecular complexity index is 934. The lowest BCUT2D eigenvalue weighted by Gasteiger charge is -2.28. The van der Waals surface area contributed by atoms with Crippen LogP contribution >= 0.6 is 0 Å². The van der Waals surface area contributed by atoms with Crippen LogP contribution in [0.1, 0.15) is 31.9 Å². The summed E-state index contributed by atoms with van der Waals surface area (Å²) in [5.74, 6) is -1.12. The zero-order valence-electron chi connectivity index (χ0n) is 16.9. The second kappa shape index (κ2) is 9.33. The number of hydrogen-bond acceptors (Lipinski definition) is 7. The topological polar surface area (TPSA) is 128 Å². The highest BCUT2D eigenvalue weighted by atomic mass is 16.5. The summed E-state index contributed by atoms with van der Waals surface area (Å²) in [6, 6.07) is 6.95. The zero-order chi connectivity index (χ0) is 21.7. The number of carbonyl (C=O) groups is 2. The van der Waals surface area contributed by atoms with E-state index in [1.807, 2.05) is 13.8 Å². The number of hydroxylamine groups is 1. The average Bonchev–Trinajstić information content (AvgIpc) is 2.73. The molecule has 4 N–H and O–H groups in total. The molecule has 0 radical (unpaired) electrons. The summed E-state index contributed by atoms with van der Waals surface area (Å²) < 4.78 is 0. The van der Waals surface area contributed by atoms with Crippen molar-refractivity contribution in [3.63, 3.8) is 0 Å². The molecule has 2 rings (SSSR count). The van der Waals surface area contributed by atoms with Gasteiger partial charge in [-0.05, 0) is 11.5 Å². The van der Waals surface area contributed by atoms with Gasteiger partial charge in [0.25, 0.3) is 10.9 Å². The third-order valence-electron chi connectivity index (χ3n) is 4.93. The number of nitrogens with one attached hydrogen (secondary N) is 3. The molecule has 0 aliphatic rings. The van der Waals surface area contributed by atoms with E-state index in [9.17, 15) is 24.4 Å². The van der Waals surface area contributed by atoms with Crippen LogP contribution in [0.2, 0.25) is 0 Å². The van der Waals surface area contributed by atoms with E-state index in [0.29, 0.717) is 17.0 Å². The van der Waals surface area contributed by atoms with E-state index >= 15 is 0 Å². The van der Waals surface area contributed by atoms with Crippen molar-refractivity contribution in [1.29, 1.82) is 0 Å². The van der Waals surface area contributed by atoms with Crippen LogP contribution in [0.3, 0.4) is 0 Å². The number of nitrogens with zero attached hydrogens (tertiary/aromatic N) is 1. The average molecular weight is 402 g/mol. The minimum absolute atomic E-state index is 0.114. The number of anilines is 2. The summed E-state index contributed by atoms with van der Waals surface area (Å²) in [5, 5.41) is 18.2. The van der Waals surface area contributed by atoms with Gasteiger partial charge in [0.1, 0.15) is 23.5 Å². The normalized spacial score (nSPS) is 14.0. The molecule has 0 fully saturated rings. The Kier molecular flexibility index (Phi) is 7.11. The van der Waals surface area contributed by atoms with Crippen LogP contribution in [-0.4, -0.2) is 37.2 Å². The first-order valence-electron chi connectivity index (χ1n) is 9.32. The molecule has 3 atom stereocenters. The minimum atomic E-state index is -0.922. The Hall–Kier alpha value is -3.20. The van der Waals surface area contributed by atoms with Gasteiger partial charge in [-0.2, -0.15) is 0 Å². The monoisotopic (exact) mass is 402 g/mol. The molecule has 0 unspecified atom stereocenters. The Morgan fingerprint density at radius 1 is 1.10 bits per heavy atom. The number of hydrogen-bond donors (Lipinski definition) is 4. The van der Waals surface area contributed by atoms with Gasteiger partial charge < -0.3 is 16.0 Å². The lowest BCUT2D eigenvalue weighted by atomic mass is 9.96. The van der Waals surface area contributed by atoms with Gasteiger partial charge in [-0.3, -0.25) is 29.4 Å². The van der Waals surface area contributed by atoms with Crippen LogP contribution in [0.15, 0.2) is 39.9 Å². The highest BCUT2D eigenvalue weighted by Crippen LogP contribution is 2.22. The van der Waals surface area contributed by atoms with Crippen molar-refractivity contribution >= 4 is 23.2 Å². The molecule has 2 amide bonds. The maximum Gasteiger partial charge on any atom is 0.255 e. The summed E-state index contributed by atoms with van der Waals surface area (Å²) >= 11 is 0. The SMILES string of the molecule is CC[C@H](C)[C@H](Nc1c(N(C)O)c(=O)c1=O)C(=O)N[C@H](C(=O)NC)c1ccccc1. The molecule has 0 saturated carbocycles. The molecule has 0 spiro atoms. The molecule has 2 aromatic rings. The summed E-state index contributed by atoms with van der Waals surface area (Å²) in [5.41, 5.74) is -1.33. The molecular weight excluding hydrogens is 376 g/mol. The second-order valence-corrected chi connectivity index (χ2v) is 6.88. The second-order valence-electron chi connectivity index (χ2n) is 6.88. The molecule has 0 aliphatic heterocycles. The van der Waals surface area contributed by atoms with Crippen molar-refractivity contribution in [3.05, 3.63) is 56.3 Å². The fourth-order valence-electron chi connectivity index (χ4n) is 3.00. The maximum absolute atomic E-state index is 13.0. The van der Waals surface area contributed by atoms with Crippen molar-refractivity contribution < 1.29 is 14.8 Å². The molecule has 156 valence electrons. The number of carbonyl (C=O) groups excluding carboxylic acids is 2. The maximum atomic E-state index is 13.0. The van der Waals surface area contributed by atoms with Gasteiger partial charge >= 0.3 is 0 Å². The van der Waals surface area contributed by atoms with E-state index in [1.54, 1.807) is 30.3 Å². The van der Waals surface area contributed by atoms with Gasteiger partial charge in [0.15, 0.2) is 0 Å². The van der Waals surface area contributed by atoms with E-state index in [0.717, 1.165) is 0 Å². The first kappa shape index (κ1) is 22.1. The predicted molar refractivity (Wildman–Crippen MR) is 110 cm³/mol. The van der Waals surface area contributed by atoms with Crippen LogP contribution in [-0.2, 0) is 9.59 Å². The molecule has 2 aromatic carbocycles. The van der Waals surface area contributed by atoms with Crippen molar-refractivity contribution in [2.45, 2.75) is 32.4 Å². The van der Waals surface area contributed by atoms with E-state index in [4.69, 9.17) is 0 Å². The molecule has 0 saturated heterocycles. The van der Waals surface area contributed by atoms with Crippen LogP contribution < -0.4 is 31.9 Å². The molecular formula is C20H26N4O5. The third-order valence-corrected chi connectivity index (χ3v) is 4.93. The Morgan fingerprint density at radius 3 is 2.24 bits per heavy atom. The number of rotatable bonds is 9. The molecule has 0 heterocycles. The van der Waals surface area contributed by atoms with Crippen LogP contribution in [0, 0.1) is 5.92 Å². The third kappa shape index (κ3) is 4.62. The number of benzene rings is 1. The first-order chi connectivity index (χ1) is 13.7. The molecule has 9 nitrogen and oxygen atoms in total. The van der Waals surface area contributed by atoms with Crippen molar-refractivity contribution in [2.75, 3.05) is 24.5 Å². The lowest BCUT2D eigenvalue weighted by molar-refractivity contribution is -0.129. The van der Waals surface area contributed by atoms with E-state index in [1.165, 1.54) is 14.1 Å². The van der Waals surface area contributed by atoms with Crippen molar-refractivity contribution in [3.8, 4) is 0 Å². The fourth-order valence-corrected chi connectivity index (χ4v) is 3.00. The quantitative estimate of drug-likeness (QED) is 0.356. The lowest BCUT2D eigenvalue weighted by Crippen LogP contribution is -2.50. The molecule has 0 aromatic heterocycles.